The van der Waals surface area contributed by atoms with Crippen molar-refractivity contribution in [3.05, 3.63) is 0 Å². The van der Waals surface area contributed by atoms with E-state index in [1.54, 1.807) is 0 Å². The fourth-order valence-corrected chi connectivity index (χ4v) is 0.929. The van der Waals surface area contributed by atoms with Crippen LogP contribution in [0.15, 0.2) is 9.98 Å². The van der Waals surface area contributed by atoms with Crippen molar-refractivity contribution in [2.75, 3.05) is 33.7 Å². The number of rotatable bonds is 8. The van der Waals surface area contributed by atoms with Crippen molar-refractivity contribution in [3.8, 4) is 0 Å². The fourth-order valence-electron chi connectivity index (χ4n) is 0.929. The van der Waals surface area contributed by atoms with Crippen LogP contribution in [-0.4, -0.2) is 61.7 Å². The Morgan fingerprint density at radius 2 is 1.90 bits per heavy atom. The Bertz CT molecular complexity index is 331. The summed E-state index contributed by atoms with van der Waals surface area (Å²) in [4.78, 5) is 30.1. The molecule has 0 spiro atoms. The minimum atomic E-state index is -0.603. The third kappa shape index (κ3) is 27.7. The van der Waals surface area contributed by atoms with Gasteiger partial charge in [-0.25, -0.2) is 15.5 Å². The average molecular weight is 324 g/mol. The van der Waals surface area contributed by atoms with E-state index in [0.717, 1.165) is 26.1 Å². The van der Waals surface area contributed by atoms with Crippen LogP contribution in [0.4, 0.5) is 0 Å². The average Bonchev–Trinajstić information content (AvgIpc) is 2.40. The first-order valence-corrected chi connectivity index (χ1v) is 6.38. The van der Waals surface area contributed by atoms with Gasteiger partial charge in [0, 0.05) is 19.4 Å². The van der Waals surface area contributed by atoms with E-state index < -0.39 is 11.8 Å². The lowest BCUT2D eigenvalue weighted by molar-refractivity contribution is -0.131. The lowest BCUT2D eigenvalue weighted by Crippen LogP contribution is -2.21. The number of hydroxylamine groups is 1. The molecule has 124 valence electrons. The summed E-state index contributed by atoms with van der Waals surface area (Å²) >= 11 is 0. The van der Waals surface area contributed by atoms with Gasteiger partial charge in [-0.1, -0.05) is 0 Å². The molecule has 0 heterocycles. The number of nitrogens with one attached hydrogen (secondary N) is 1. The molecule has 0 aromatic rings. The van der Waals surface area contributed by atoms with Gasteiger partial charge in [0.2, 0.25) is 11.8 Å². The molecule has 0 aliphatic rings. The number of nitrogens with two attached hydrogens (primary N) is 1. The Hall–Kier alpha value is -1.47. The second-order valence-corrected chi connectivity index (χ2v) is 4.11. The molecule has 0 saturated carbocycles. The molecule has 0 aromatic heterocycles. The number of primary amides is 1. The van der Waals surface area contributed by atoms with Crippen LogP contribution in [0, 0.1) is 0 Å². The lowest BCUT2D eigenvalue weighted by atomic mass is 10.3. The summed E-state index contributed by atoms with van der Waals surface area (Å²) in [7, 11) is 4.12. The molecule has 21 heavy (non-hydrogen) atoms. The number of hydrogen-bond acceptors (Lipinski definition) is 6. The number of amides is 2. The van der Waals surface area contributed by atoms with Gasteiger partial charge in [0.15, 0.2) is 0 Å². The standard InChI is InChI=1S/C8H17N3.C4H8N2O3.ClH/c1-4-9-8-10-6-5-7-11(2)3;5-3(7)1-2-4(8)6-9;/h4-7H2,1-3H3;9H,1-2H2,(H2,5,7)(H,6,8);1H. The van der Waals surface area contributed by atoms with Crippen molar-refractivity contribution in [2.24, 2.45) is 15.7 Å². The Balaban J connectivity index is -0.000000300. The molecule has 0 unspecified atom stereocenters. The second-order valence-electron chi connectivity index (χ2n) is 4.11. The molecule has 0 radical (unpaired) electrons. The minimum absolute atomic E-state index is 0. The lowest BCUT2D eigenvalue weighted by Gasteiger charge is -2.05. The molecule has 8 nitrogen and oxygen atoms in total. The molecule has 0 aliphatic carbocycles. The predicted molar refractivity (Wildman–Crippen MR) is 84.0 cm³/mol. The number of halogens is 1. The van der Waals surface area contributed by atoms with E-state index >= 15 is 0 Å². The molecule has 4 N–H and O–H groups in total. The molecule has 0 aromatic carbocycles. The summed E-state index contributed by atoms with van der Waals surface area (Å²) in [5.41, 5.74) is 6.07. The zero-order chi connectivity index (χ0) is 15.8. The van der Waals surface area contributed by atoms with Crippen LogP contribution in [0.3, 0.4) is 0 Å². The van der Waals surface area contributed by atoms with Gasteiger partial charge in [-0.3, -0.25) is 14.8 Å². The highest BCUT2D eigenvalue weighted by molar-refractivity contribution is 5.85. The SMILES string of the molecule is CCN=C=NCCCN(C)C.Cl.NC(=O)CCC(=O)NO. The normalized spacial score (nSPS) is 8.62. The van der Waals surface area contributed by atoms with E-state index in [4.69, 9.17) is 10.9 Å². The molecule has 0 aliphatic heterocycles. The first-order chi connectivity index (χ1) is 9.43. The minimum Gasteiger partial charge on any atom is -0.370 e. The van der Waals surface area contributed by atoms with E-state index in [1.165, 1.54) is 5.48 Å². The maximum absolute atomic E-state index is 10.1. The van der Waals surface area contributed by atoms with Gasteiger partial charge in [-0.15, -0.1) is 12.4 Å². The number of carbonyl (C=O) groups is 2. The first kappa shape index (κ1) is 24.5. The van der Waals surface area contributed by atoms with Gasteiger partial charge in [0.1, 0.15) is 0 Å². The van der Waals surface area contributed by atoms with Gasteiger partial charge in [0.25, 0.3) is 0 Å². The summed E-state index contributed by atoms with van der Waals surface area (Å²) in [6, 6.07) is 2.64. The Morgan fingerprint density at radius 3 is 2.33 bits per heavy atom. The summed E-state index contributed by atoms with van der Waals surface area (Å²) in [5.74, 6) is -1.16. The van der Waals surface area contributed by atoms with Crippen LogP contribution in [-0.2, 0) is 9.59 Å². The van der Waals surface area contributed by atoms with E-state index in [9.17, 15) is 9.59 Å². The van der Waals surface area contributed by atoms with Crippen molar-refractivity contribution >= 4 is 30.2 Å². The molecular formula is C12H26ClN5O3. The van der Waals surface area contributed by atoms with Gasteiger partial charge in [-0.05, 0) is 34.0 Å². The number of carbonyl (C=O) groups excluding carboxylic acids is 2. The van der Waals surface area contributed by atoms with E-state index in [0.29, 0.717) is 0 Å². The highest BCUT2D eigenvalue weighted by atomic mass is 35.5. The molecule has 0 fully saturated rings. The summed E-state index contributed by atoms with van der Waals surface area (Å²) in [6.45, 7) is 4.67. The van der Waals surface area contributed by atoms with Crippen LogP contribution in [0.2, 0.25) is 0 Å². The van der Waals surface area contributed by atoms with Crippen molar-refractivity contribution in [3.63, 3.8) is 0 Å². The third-order valence-electron chi connectivity index (χ3n) is 1.90. The highest BCUT2D eigenvalue weighted by Crippen LogP contribution is 1.84. The smallest absolute Gasteiger partial charge is 0.243 e. The van der Waals surface area contributed by atoms with Gasteiger partial charge in [-0.2, -0.15) is 0 Å². The highest BCUT2D eigenvalue weighted by Gasteiger charge is 2.00. The zero-order valence-corrected chi connectivity index (χ0v) is 13.7. The Morgan fingerprint density at radius 1 is 1.29 bits per heavy atom. The topological polar surface area (TPSA) is 120 Å². The quantitative estimate of drug-likeness (QED) is 0.257. The summed E-state index contributed by atoms with van der Waals surface area (Å²) in [5, 5.41) is 7.90. The van der Waals surface area contributed by atoms with Crippen molar-refractivity contribution in [1.82, 2.24) is 10.4 Å². The number of aliphatic imine (C=N–C) groups is 2. The molecular weight excluding hydrogens is 298 g/mol. The van der Waals surface area contributed by atoms with Crippen LogP contribution < -0.4 is 11.2 Å². The van der Waals surface area contributed by atoms with Gasteiger partial charge in [0.05, 0.1) is 12.6 Å². The zero-order valence-electron chi connectivity index (χ0n) is 12.8. The molecule has 0 bridgehead atoms. The third-order valence-corrected chi connectivity index (χ3v) is 1.90. The molecule has 0 saturated heterocycles. The molecule has 0 atom stereocenters. The monoisotopic (exact) mass is 323 g/mol. The van der Waals surface area contributed by atoms with Crippen LogP contribution in [0.5, 0.6) is 0 Å². The van der Waals surface area contributed by atoms with Gasteiger partial charge >= 0.3 is 0 Å². The van der Waals surface area contributed by atoms with Crippen molar-refractivity contribution < 1.29 is 14.8 Å². The van der Waals surface area contributed by atoms with Crippen LogP contribution in [0.1, 0.15) is 26.2 Å². The molecule has 2 amide bonds. The number of nitrogens with zero attached hydrogens (tertiary/aromatic N) is 3. The van der Waals surface area contributed by atoms with Crippen molar-refractivity contribution in [2.45, 2.75) is 26.2 Å². The van der Waals surface area contributed by atoms with E-state index in [2.05, 4.69) is 35.0 Å². The predicted octanol–water partition coefficient (Wildman–Crippen LogP) is 0.311. The summed E-state index contributed by atoms with van der Waals surface area (Å²) in [6.07, 6.45) is 0.984. The number of hydrogen-bond donors (Lipinski definition) is 3. The van der Waals surface area contributed by atoms with Crippen molar-refractivity contribution in [1.29, 1.82) is 0 Å². The largest absolute Gasteiger partial charge is 0.370 e. The Kier molecular flexibility index (Phi) is 21.7. The van der Waals surface area contributed by atoms with Crippen LogP contribution in [0.25, 0.3) is 0 Å². The maximum atomic E-state index is 10.1. The maximum Gasteiger partial charge on any atom is 0.243 e. The molecule has 0 rings (SSSR count). The Labute approximate surface area is 131 Å². The van der Waals surface area contributed by atoms with Crippen LogP contribution >= 0.6 is 12.4 Å². The second kappa shape index (κ2) is 18.5. The van der Waals surface area contributed by atoms with E-state index in [1.807, 2.05) is 6.92 Å². The summed E-state index contributed by atoms with van der Waals surface area (Å²) < 4.78 is 0. The van der Waals surface area contributed by atoms with Gasteiger partial charge < -0.3 is 10.6 Å². The fraction of sp³-hybridized carbons (Fsp3) is 0.750. The molecule has 9 heteroatoms. The first-order valence-electron chi connectivity index (χ1n) is 6.38. The van der Waals surface area contributed by atoms with E-state index in [-0.39, 0.29) is 25.2 Å².